The van der Waals surface area contributed by atoms with Gasteiger partial charge in [-0.25, -0.2) is 9.97 Å². The van der Waals surface area contributed by atoms with E-state index in [0.717, 1.165) is 0 Å². The Bertz CT molecular complexity index is 496. The first-order valence-corrected chi connectivity index (χ1v) is 4.74. The van der Waals surface area contributed by atoms with Crippen molar-refractivity contribution in [3.05, 3.63) is 12.5 Å². The van der Waals surface area contributed by atoms with E-state index in [0.29, 0.717) is 11.0 Å². The van der Waals surface area contributed by atoms with Gasteiger partial charge in [-0.2, -0.15) is 5.10 Å². The normalized spacial score (nSPS) is 13.0. The molecule has 7 nitrogen and oxygen atoms in total. The molecule has 0 bridgehead atoms. The largest absolute Gasteiger partial charge is 0.755 e. The molecule has 2 heterocycles. The van der Waals surface area contributed by atoms with Crippen LogP contribution in [0.4, 0.5) is 5.82 Å². The van der Waals surface area contributed by atoms with Gasteiger partial charge in [-0.1, -0.05) is 0 Å². The minimum atomic E-state index is -2.39. The Balaban J connectivity index is 2.59. The monoisotopic (exact) mass is 212 g/mol. The third kappa shape index (κ3) is 1.44. The molecule has 0 aliphatic rings. The molecule has 1 unspecified atom stereocenters. The predicted octanol–water partition coefficient (Wildman–Crippen LogP) is -0.431. The van der Waals surface area contributed by atoms with Gasteiger partial charge in [0.15, 0.2) is 11.5 Å². The highest BCUT2D eigenvalue weighted by atomic mass is 32.2. The highest BCUT2D eigenvalue weighted by Gasteiger charge is 2.06. The molecule has 2 rings (SSSR count). The fourth-order valence-corrected chi connectivity index (χ4v) is 1.44. The summed E-state index contributed by atoms with van der Waals surface area (Å²) < 4.78 is 24.6. The molecule has 14 heavy (non-hydrogen) atoms. The van der Waals surface area contributed by atoms with E-state index in [1.54, 1.807) is 7.05 Å². The number of aromatic nitrogens is 4. The zero-order valence-corrected chi connectivity index (χ0v) is 7.98. The first kappa shape index (κ1) is 9.03. The fourth-order valence-electron chi connectivity index (χ4n) is 1.12. The minimum Gasteiger partial charge on any atom is -0.755 e. The van der Waals surface area contributed by atoms with Gasteiger partial charge in [0, 0.05) is 18.3 Å². The summed E-state index contributed by atoms with van der Waals surface area (Å²) >= 11 is -2.39. The number of aryl methyl sites for hydroxylation is 1. The van der Waals surface area contributed by atoms with Crippen LogP contribution in [0.3, 0.4) is 0 Å². The zero-order chi connectivity index (χ0) is 10.1. The molecule has 0 amide bonds. The molecule has 0 saturated heterocycles. The van der Waals surface area contributed by atoms with Crippen LogP contribution < -0.4 is 4.72 Å². The highest BCUT2D eigenvalue weighted by Crippen LogP contribution is 2.17. The number of hydrogen-bond donors (Lipinski definition) is 1. The number of fused-ring (bicyclic) bond motifs is 1. The molecule has 8 heteroatoms. The topological polar surface area (TPSA) is 95.8 Å². The second-order valence-electron chi connectivity index (χ2n) is 2.56. The summed E-state index contributed by atoms with van der Waals surface area (Å²) in [7, 11) is 1.72. The Hall–Kier alpha value is -1.54. The van der Waals surface area contributed by atoms with Crippen LogP contribution in [0.1, 0.15) is 0 Å². The summed E-state index contributed by atoms with van der Waals surface area (Å²) in [6, 6.07) is 0. The van der Waals surface area contributed by atoms with Crippen LogP contribution >= 0.6 is 0 Å². The van der Waals surface area contributed by atoms with Gasteiger partial charge in [0.05, 0.1) is 11.6 Å². The Labute approximate surface area is 81.6 Å². The van der Waals surface area contributed by atoms with Gasteiger partial charge in [-0.05, 0) is 0 Å². The smallest absolute Gasteiger partial charge is 0.163 e. The Kier molecular flexibility index (Phi) is 2.14. The summed E-state index contributed by atoms with van der Waals surface area (Å²) in [6.07, 6.45) is 2.78. The average molecular weight is 212 g/mol. The van der Waals surface area contributed by atoms with Crippen molar-refractivity contribution in [1.29, 1.82) is 0 Å². The van der Waals surface area contributed by atoms with Gasteiger partial charge >= 0.3 is 0 Å². The van der Waals surface area contributed by atoms with E-state index in [2.05, 4.69) is 19.8 Å². The van der Waals surface area contributed by atoms with Crippen LogP contribution in [0.25, 0.3) is 11.0 Å². The van der Waals surface area contributed by atoms with Crippen molar-refractivity contribution < 1.29 is 8.76 Å². The third-order valence-electron chi connectivity index (χ3n) is 1.71. The molecular formula is C6H6N5O2S-. The second-order valence-corrected chi connectivity index (χ2v) is 3.24. The van der Waals surface area contributed by atoms with Gasteiger partial charge in [0.2, 0.25) is 0 Å². The Morgan fingerprint density at radius 2 is 2.36 bits per heavy atom. The molecule has 2 aromatic heterocycles. The molecule has 1 N–H and O–H groups in total. The molecule has 74 valence electrons. The van der Waals surface area contributed by atoms with Crippen molar-refractivity contribution in [2.45, 2.75) is 0 Å². The minimum absolute atomic E-state index is 0.233. The van der Waals surface area contributed by atoms with E-state index >= 15 is 0 Å². The molecular weight excluding hydrogens is 206 g/mol. The predicted molar refractivity (Wildman–Crippen MR) is 48.8 cm³/mol. The first-order chi connectivity index (χ1) is 6.68. The van der Waals surface area contributed by atoms with Crippen molar-refractivity contribution >= 4 is 28.1 Å². The lowest BCUT2D eigenvalue weighted by Gasteiger charge is -2.07. The molecule has 2 aromatic rings. The second kappa shape index (κ2) is 3.31. The van der Waals surface area contributed by atoms with Crippen LogP contribution in [0, 0.1) is 0 Å². The van der Waals surface area contributed by atoms with Crippen molar-refractivity contribution in [2.75, 3.05) is 4.72 Å². The molecule has 0 fully saturated rings. The summed E-state index contributed by atoms with van der Waals surface area (Å²) in [4.78, 5) is 7.75. The zero-order valence-electron chi connectivity index (χ0n) is 7.17. The van der Waals surface area contributed by atoms with Crippen LogP contribution in [0.5, 0.6) is 0 Å². The molecule has 0 spiro atoms. The lowest BCUT2D eigenvalue weighted by Crippen LogP contribution is -2.05. The van der Waals surface area contributed by atoms with Gasteiger partial charge in [0.25, 0.3) is 0 Å². The van der Waals surface area contributed by atoms with Crippen molar-refractivity contribution in [1.82, 2.24) is 19.7 Å². The molecule has 0 aromatic carbocycles. The Morgan fingerprint density at radius 3 is 3.07 bits per heavy atom. The summed E-state index contributed by atoms with van der Waals surface area (Å²) in [6.45, 7) is 0. The highest BCUT2D eigenvalue weighted by molar-refractivity contribution is 7.80. The molecule has 0 saturated carbocycles. The molecule has 1 atom stereocenters. The van der Waals surface area contributed by atoms with E-state index in [1.807, 2.05) is 0 Å². The summed E-state index contributed by atoms with van der Waals surface area (Å²) in [5, 5.41) is 4.51. The van der Waals surface area contributed by atoms with Crippen molar-refractivity contribution in [2.24, 2.45) is 7.05 Å². The van der Waals surface area contributed by atoms with Crippen molar-refractivity contribution in [3.8, 4) is 0 Å². The maximum absolute atomic E-state index is 10.4. The van der Waals surface area contributed by atoms with Crippen LogP contribution in [-0.2, 0) is 18.3 Å². The van der Waals surface area contributed by atoms with Gasteiger partial charge < -0.3 is 4.55 Å². The van der Waals surface area contributed by atoms with E-state index in [4.69, 9.17) is 0 Å². The van der Waals surface area contributed by atoms with Crippen LogP contribution in [0.2, 0.25) is 0 Å². The molecule has 0 aliphatic heterocycles. The number of rotatable bonds is 2. The van der Waals surface area contributed by atoms with Crippen LogP contribution in [-0.4, -0.2) is 28.5 Å². The SMILES string of the molecule is Cn1ncc2c(NS(=O)[O-])ncnc21. The summed E-state index contributed by atoms with van der Waals surface area (Å²) in [5.74, 6) is 0.233. The van der Waals surface area contributed by atoms with E-state index in [9.17, 15) is 8.76 Å². The maximum Gasteiger partial charge on any atom is 0.163 e. The number of nitrogens with zero attached hydrogens (tertiary/aromatic N) is 4. The molecule has 0 radical (unpaired) electrons. The van der Waals surface area contributed by atoms with Gasteiger partial charge in [0.1, 0.15) is 6.33 Å². The van der Waals surface area contributed by atoms with Crippen LogP contribution in [0.15, 0.2) is 12.5 Å². The standard InChI is InChI=1S/C6H7N5O2S/c1-11-6-4(2-9-11)5(7-3-8-6)10-14(12)13/h2-3H,1H3,(H,12,13)(H,7,8,10)/p-1. The maximum atomic E-state index is 10.4. The third-order valence-corrected chi connectivity index (χ3v) is 2.07. The van der Waals surface area contributed by atoms with Crippen molar-refractivity contribution in [3.63, 3.8) is 0 Å². The van der Waals surface area contributed by atoms with E-state index < -0.39 is 11.3 Å². The summed E-state index contributed by atoms with van der Waals surface area (Å²) in [5.41, 5.74) is 0.577. The quantitative estimate of drug-likeness (QED) is 0.681. The average Bonchev–Trinajstić information content (AvgIpc) is 2.49. The van der Waals surface area contributed by atoms with Gasteiger partial charge in [-0.15, -0.1) is 0 Å². The first-order valence-electron chi connectivity index (χ1n) is 3.67. The molecule has 0 aliphatic carbocycles. The van der Waals surface area contributed by atoms with Gasteiger partial charge in [-0.3, -0.25) is 13.6 Å². The van der Waals surface area contributed by atoms with E-state index in [-0.39, 0.29) is 5.82 Å². The number of anilines is 1. The lowest BCUT2D eigenvalue weighted by atomic mass is 10.4. The Morgan fingerprint density at radius 1 is 1.57 bits per heavy atom. The van der Waals surface area contributed by atoms with E-state index in [1.165, 1.54) is 17.2 Å². The number of hydrogen-bond acceptors (Lipinski definition) is 5. The fraction of sp³-hybridized carbons (Fsp3) is 0.167. The lowest BCUT2D eigenvalue weighted by molar-refractivity contribution is 0.542. The number of nitrogens with one attached hydrogen (secondary N) is 1.